The van der Waals surface area contributed by atoms with Gasteiger partial charge < -0.3 is 24.1 Å². The Bertz CT molecular complexity index is 1290. The van der Waals surface area contributed by atoms with Crippen LogP contribution in [-0.4, -0.2) is 55.8 Å². The summed E-state index contributed by atoms with van der Waals surface area (Å²) in [5.41, 5.74) is 1.07. The Morgan fingerprint density at radius 3 is 2.94 bits per heavy atom. The highest BCUT2D eigenvalue weighted by Crippen LogP contribution is 2.33. The summed E-state index contributed by atoms with van der Waals surface area (Å²) in [4.78, 5) is 9.03. The molecule has 0 amide bonds. The molecule has 3 atom stereocenters. The number of rotatable bonds is 5. The van der Waals surface area contributed by atoms with Gasteiger partial charge in [0.15, 0.2) is 0 Å². The second-order valence-corrected chi connectivity index (χ2v) is 9.00. The Kier molecular flexibility index (Phi) is 4.22. The van der Waals surface area contributed by atoms with Gasteiger partial charge in [0.1, 0.15) is 29.2 Å². The predicted octanol–water partition coefficient (Wildman–Crippen LogP) is 2.93. The van der Waals surface area contributed by atoms with Crippen LogP contribution in [0.15, 0.2) is 18.5 Å². The molecule has 5 heterocycles. The standard InChI is InChI=1S/C22H27N7O3/c1-13-10-30-12-18(13)29-15(7-23)5-14-8-24-21(26-19(14)29)25-17-9-28(4)27-20(17)32-16-6-22(2,3)31-11-16/h5,8-9,13,16,18H,6,10-12H2,1-4H3,(H,24,25,26)/t13-,16?,18-/m0/s1/i4D3. The molecule has 168 valence electrons. The molecule has 3 aromatic heterocycles. The van der Waals surface area contributed by atoms with Crippen LogP contribution in [0.2, 0.25) is 0 Å². The highest BCUT2D eigenvalue weighted by Gasteiger charge is 2.34. The highest BCUT2D eigenvalue weighted by atomic mass is 16.6. The zero-order valence-corrected chi connectivity index (χ0v) is 18.2. The third-order valence-corrected chi connectivity index (χ3v) is 5.93. The van der Waals surface area contributed by atoms with E-state index in [-0.39, 0.29) is 35.5 Å². The average molecular weight is 441 g/mol. The van der Waals surface area contributed by atoms with E-state index in [0.717, 1.165) is 10.1 Å². The molecular formula is C22H27N7O3. The topological polar surface area (TPSA) is 112 Å². The number of aromatic nitrogens is 5. The summed E-state index contributed by atoms with van der Waals surface area (Å²) in [6.45, 7) is 5.02. The van der Waals surface area contributed by atoms with Crippen molar-refractivity contribution in [1.29, 1.82) is 5.26 Å². The number of nitrogens with one attached hydrogen (secondary N) is 1. The summed E-state index contributed by atoms with van der Waals surface area (Å²) >= 11 is 0. The molecule has 0 radical (unpaired) electrons. The van der Waals surface area contributed by atoms with Crippen molar-refractivity contribution < 1.29 is 18.3 Å². The van der Waals surface area contributed by atoms with E-state index in [1.54, 1.807) is 12.3 Å². The Morgan fingerprint density at radius 2 is 2.25 bits per heavy atom. The van der Waals surface area contributed by atoms with E-state index in [2.05, 4.69) is 33.4 Å². The molecule has 10 heteroatoms. The van der Waals surface area contributed by atoms with Gasteiger partial charge >= 0.3 is 0 Å². The summed E-state index contributed by atoms with van der Waals surface area (Å²) in [5.74, 6) is 0.576. The van der Waals surface area contributed by atoms with Crippen molar-refractivity contribution in [1.82, 2.24) is 24.3 Å². The normalized spacial score (nSPS) is 26.4. The van der Waals surface area contributed by atoms with Gasteiger partial charge in [-0.05, 0) is 19.9 Å². The van der Waals surface area contributed by atoms with E-state index < -0.39 is 6.98 Å². The number of fused-ring (bicyclic) bond motifs is 1. The summed E-state index contributed by atoms with van der Waals surface area (Å²) in [6.07, 6.45) is 3.35. The van der Waals surface area contributed by atoms with Crippen LogP contribution in [0.3, 0.4) is 0 Å². The molecule has 2 fully saturated rings. The van der Waals surface area contributed by atoms with Crippen LogP contribution in [0.1, 0.15) is 43.0 Å². The number of hydrogen-bond acceptors (Lipinski definition) is 8. The largest absolute Gasteiger partial charge is 0.469 e. The monoisotopic (exact) mass is 440 g/mol. The third-order valence-electron chi connectivity index (χ3n) is 5.93. The van der Waals surface area contributed by atoms with Crippen LogP contribution < -0.4 is 10.1 Å². The molecule has 32 heavy (non-hydrogen) atoms. The molecule has 0 aromatic carbocycles. The molecule has 10 nitrogen and oxygen atoms in total. The molecule has 1 N–H and O–H groups in total. The van der Waals surface area contributed by atoms with Crippen molar-refractivity contribution in [3.8, 4) is 11.9 Å². The first-order chi connectivity index (χ1) is 16.5. The molecule has 0 aliphatic carbocycles. The van der Waals surface area contributed by atoms with Gasteiger partial charge in [0.25, 0.3) is 5.88 Å². The van der Waals surface area contributed by atoms with Crippen molar-refractivity contribution in [3.05, 3.63) is 24.2 Å². The minimum absolute atomic E-state index is 0.0205. The van der Waals surface area contributed by atoms with Crippen LogP contribution in [0.25, 0.3) is 11.0 Å². The second kappa shape index (κ2) is 7.76. The lowest BCUT2D eigenvalue weighted by atomic mass is 10.1. The van der Waals surface area contributed by atoms with Crippen molar-refractivity contribution in [2.45, 2.75) is 44.9 Å². The first-order valence-corrected chi connectivity index (χ1v) is 10.6. The Labute approximate surface area is 190 Å². The van der Waals surface area contributed by atoms with Crippen LogP contribution in [0, 0.1) is 17.2 Å². The minimum Gasteiger partial charge on any atom is -0.469 e. The Balaban J connectivity index is 1.49. The summed E-state index contributed by atoms with van der Waals surface area (Å²) in [7, 11) is 0. The van der Waals surface area contributed by atoms with Crippen molar-refractivity contribution in [2.75, 3.05) is 25.1 Å². The van der Waals surface area contributed by atoms with Crippen molar-refractivity contribution in [3.63, 3.8) is 0 Å². The summed E-state index contributed by atoms with van der Waals surface area (Å²) in [6, 6.07) is 3.98. The summed E-state index contributed by atoms with van der Waals surface area (Å²) in [5, 5.41) is 17.6. The van der Waals surface area contributed by atoms with Gasteiger partial charge in [-0.1, -0.05) is 6.92 Å². The van der Waals surface area contributed by atoms with E-state index in [1.807, 2.05) is 18.4 Å². The third kappa shape index (κ3) is 3.78. The van der Waals surface area contributed by atoms with Crippen LogP contribution in [0.4, 0.5) is 11.6 Å². The van der Waals surface area contributed by atoms with E-state index >= 15 is 0 Å². The fraction of sp³-hybridized carbons (Fsp3) is 0.545. The minimum atomic E-state index is -2.48. The first-order valence-electron chi connectivity index (χ1n) is 12.1. The number of nitriles is 1. The van der Waals surface area contributed by atoms with Gasteiger partial charge in [-0.3, -0.25) is 4.68 Å². The number of anilines is 2. The van der Waals surface area contributed by atoms with Gasteiger partial charge in [-0.2, -0.15) is 10.2 Å². The molecule has 2 aliphatic rings. The predicted molar refractivity (Wildman–Crippen MR) is 117 cm³/mol. The maximum Gasteiger partial charge on any atom is 0.257 e. The van der Waals surface area contributed by atoms with Crippen molar-refractivity contribution in [2.24, 2.45) is 12.9 Å². The fourth-order valence-electron chi connectivity index (χ4n) is 4.34. The number of ether oxygens (including phenoxy) is 3. The average Bonchev–Trinajstić information content (AvgIpc) is 3.54. The quantitative estimate of drug-likeness (QED) is 0.644. The van der Waals surface area contributed by atoms with E-state index in [0.29, 0.717) is 43.3 Å². The molecular weight excluding hydrogens is 410 g/mol. The Morgan fingerprint density at radius 1 is 1.38 bits per heavy atom. The molecule has 2 aliphatic heterocycles. The lowest BCUT2D eigenvalue weighted by Crippen LogP contribution is -2.20. The van der Waals surface area contributed by atoms with Crippen LogP contribution >= 0.6 is 0 Å². The van der Waals surface area contributed by atoms with Gasteiger partial charge in [0.2, 0.25) is 5.95 Å². The smallest absolute Gasteiger partial charge is 0.257 e. The maximum atomic E-state index is 9.69. The van der Waals surface area contributed by atoms with Crippen molar-refractivity contribution >= 4 is 22.7 Å². The number of aryl methyl sites for hydroxylation is 1. The number of hydrogen-bond donors (Lipinski definition) is 1. The maximum absolute atomic E-state index is 9.69. The van der Waals surface area contributed by atoms with Gasteiger partial charge in [0.05, 0.1) is 37.7 Å². The number of nitrogens with zero attached hydrogens (tertiary/aromatic N) is 6. The molecule has 0 spiro atoms. The summed E-state index contributed by atoms with van der Waals surface area (Å²) < 4.78 is 43.3. The zero-order valence-electron chi connectivity index (χ0n) is 21.2. The molecule has 2 saturated heterocycles. The lowest BCUT2D eigenvalue weighted by molar-refractivity contribution is 0.0317. The van der Waals surface area contributed by atoms with Gasteiger partial charge in [-0.25, -0.2) is 4.98 Å². The highest BCUT2D eigenvalue weighted by molar-refractivity contribution is 5.79. The molecule has 3 aromatic rings. The lowest BCUT2D eigenvalue weighted by Gasteiger charge is -2.18. The Hall–Kier alpha value is -3.16. The molecule has 0 saturated carbocycles. The SMILES string of the molecule is [2H]C([2H])([2H])n1cc(Nc2ncc3cc(C#N)n([C@H]4COC[C@@H]4C)c3n2)c(OC2COC(C)(C)C2)n1. The second-order valence-electron chi connectivity index (χ2n) is 9.00. The van der Waals surface area contributed by atoms with Gasteiger partial charge in [0, 0.05) is 35.0 Å². The molecule has 5 rings (SSSR count). The first kappa shape index (κ1) is 17.4. The van der Waals surface area contributed by atoms with Crippen LogP contribution in [0.5, 0.6) is 5.88 Å². The van der Waals surface area contributed by atoms with E-state index in [4.69, 9.17) is 18.3 Å². The van der Waals surface area contributed by atoms with E-state index in [1.165, 1.54) is 6.20 Å². The molecule has 1 unspecified atom stereocenters. The fourth-order valence-corrected chi connectivity index (χ4v) is 4.34. The molecule has 0 bridgehead atoms. The van der Waals surface area contributed by atoms with Crippen LogP contribution in [-0.2, 0) is 16.4 Å². The van der Waals surface area contributed by atoms with Gasteiger partial charge in [-0.15, -0.1) is 5.10 Å². The zero-order chi connectivity index (χ0) is 25.0. The van der Waals surface area contributed by atoms with E-state index in [9.17, 15) is 5.26 Å².